The number of nitrogens with zero attached hydrogens (tertiary/aromatic N) is 1. The number of hydrogen-bond donors (Lipinski definition) is 2. The number of fused-ring (bicyclic) bond motifs is 1. The summed E-state index contributed by atoms with van der Waals surface area (Å²) in [7, 11) is 1.63. The molecule has 0 unspecified atom stereocenters. The molecule has 1 aliphatic rings. The summed E-state index contributed by atoms with van der Waals surface area (Å²) in [5, 5.41) is 6.01. The maximum atomic E-state index is 11.9. The Morgan fingerprint density at radius 3 is 2.83 bits per heavy atom. The molecule has 2 heterocycles. The summed E-state index contributed by atoms with van der Waals surface area (Å²) >= 11 is 0. The number of hydrogen-bond acceptors (Lipinski definition) is 6. The largest absolute Gasteiger partial charge is 0.454 e. The fourth-order valence-electron chi connectivity index (χ4n) is 2.25. The average Bonchev–Trinajstić information content (AvgIpc) is 3.07. The molecule has 126 valence electrons. The van der Waals surface area contributed by atoms with Crippen LogP contribution in [0, 0.1) is 0 Å². The first-order valence-electron chi connectivity index (χ1n) is 7.66. The molecule has 0 saturated carbocycles. The van der Waals surface area contributed by atoms with E-state index in [-0.39, 0.29) is 12.7 Å². The molecule has 7 heteroatoms. The smallest absolute Gasteiger partial charge is 0.269 e. The zero-order valence-corrected chi connectivity index (χ0v) is 13.4. The molecule has 0 saturated heterocycles. The third-order valence-corrected chi connectivity index (χ3v) is 3.47. The quantitative estimate of drug-likeness (QED) is 0.759. The van der Waals surface area contributed by atoms with Crippen molar-refractivity contribution < 1.29 is 19.0 Å². The van der Waals surface area contributed by atoms with Crippen molar-refractivity contribution in [1.29, 1.82) is 0 Å². The zero-order valence-electron chi connectivity index (χ0n) is 13.4. The minimum atomic E-state index is -0.194. The Hall–Kier alpha value is -2.80. The van der Waals surface area contributed by atoms with Crippen LogP contribution in [0.5, 0.6) is 11.5 Å². The van der Waals surface area contributed by atoms with Crippen molar-refractivity contribution >= 4 is 17.3 Å². The van der Waals surface area contributed by atoms with E-state index in [2.05, 4.69) is 15.6 Å². The first kappa shape index (κ1) is 16.1. The van der Waals surface area contributed by atoms with Crippen LogP contribution in [0.25, 0.3) is 0 Å². The van der Waals surface area contributed by atoms with Gasteiger partial charge in [-0.2, -0.15) is 0 Å². The summed E-state index contributed by atoms with van der Waals surface area (Å²) in [6.07, 6.45) is 2.39. The van der Waals surface area contributed by atoms with Crippen LogP contribution in [0.3, 0.4) is 0 Å². The predicted molar refractivity (Wildman–Crippen MR) is 88.9 cm³/mol. The molecule has 0 atom stereocenters. The van der Waals surface area contributed by atoms with Gasteiger partial charge in [-0.1, -0.05) is 0 Å². The molecule has 1 aromatic heterocycles. The predicted octanol–water partition coefficient (Wildman–Crippen LogP) is 2.32. The van der Waals surface area contributed by atoms with Gasteiger partial charge in [0.05, 0.1) is 11.9 Å². The molecule has 24 heavy (non-hydrogen) atoms. The van der Waals surface area contributed by atoms with Crippen LogP contribution < -0.4 is 20.1 Å². The number of anilines is 2. The lowest BCUT2D eigenvalue weighted by molar-refractivity contribution is 0.0943. The summed E-state index contributed by atoms with van der Waals surface area (Å²) in [6, 6.07) is 9.09. The van der Waals surface area contributed by atoms with Gasteiger partial charge in [0.2, 0.25) is 6.79 Å². The van der Waals surface area contributed by atoms with Gasteiger partial charge in [-0.25, -0.2) is 4.98 Å². The number of pyridine rings is 1. The lowest BCUT2D eigenvalue weighted by atomic mass is 10.2. The molecular formula is C17H19N3O4. The average molecular weight is 329 g/mol. The van der Waals surface area contributed by atoms with E-state index in [1.807, 2.05) is 24.3 Å². The number of carbonyl (C=O) groups excluding carboxylic acids is 1. The van der Waals surface area contributed by atoms with Gasteiger partial charge in [0.25, 0.3) is 5.91 Å². The van der Waals surface area contributed by atoms with E-state index in [0.29, 0.717) is 24.6 Å². The van der Waals surface area contributed by atoms with Crippen LogP contribution >= 0.6 is 0 Å². The molecule has 1 aromatic carbocycles. The molecule has 0 radical (unpaired) electrons. The molecule has 0 spiro atoms. The number of benzene rings is 1. The fourth-order valence-corrected chi connectivity index (χ4v) is 2.25. The van der Waals surface area contributed by atoms with Gasteiger partial charge >= 0.3 is 0 Å². The molecule has 2 N–H and O–H groups in total. The topological polar surface area (TPSA) is 81.7 Å². The van der Waals surface area contributed by atoms with E-state index < -0.39 is 0 Å². The van der Waals surface area contributed by atoms with Crippen LogP contribution in [0.15, 0.2) is 36.5 Å². The number of amides is 1. The highest BCUT2D eigenvalue weighted by molar-refractivity contribution is 5.92. The van der Waals surface area contributed by atoms with E-state index in [0.717, 1.165) is 23.5 Å². The van der Waals surface area contributed by atoms with Crippen LogP contribution in [-0.2, 0) is 4.74 Å². The molecule has 3 rings (SSSR count). The second kappa shape index (κ2) is 7.65. The molecule has 7 nitrogen and oxygen atoms in total. The number of methoxy groups -OCH3 is 1. The Morgan fingerprint density at radius 2 is 2.04 bits per heavy atom. The molecule has 0 fully saturated rings. The molecule has 0 aliphatic carbocycles. The first-order valence-corrected chi connectivity index (χ1v) is 7.66. The Balaban J connectivity index is 1.57. The van der Waals surface area contributed by atoms with Crippen LogP contribution in [0.1, 0.15) is 16.9 Å². The van der Waals surface area contributed by atoms with Crippen molar-refractivity contribution in [1.82, 2.24) is 10.3 Å². The van der Waals surface area contributed by atoms with Crippen molar-refractivity contribution in [2.75, 3.05) is 32.4 Å². The van der Waals surface area contributed by atoms with E-state index >= 15 is 0 Å². The second-order valence-electron chi connectivity index (χ2n) is 5.23. The summed E-state index contributed by atoms with van der Waals surface area (Å²) in [4.78, 5) is 16.1. The van der Waals surface area contributed by atoms with Gasteiger partial charge in [0.1, 0.15) is 5.69 Å². The van der Waals surface area contributed by atoms with Crippen LogP contribution in [-0.4, -0.2) is 37.9 Å². The molecule has 1 amide bonds. The molecule has 1 aliphatic heterocycles. The van der Waals surface area contributed by atoms with Crippen molar-refractivity contribution in [2.24, 2.45) is 0 Å². The summed E-state index contributed by atoms with van der Waals surface area (Å²) in [5.41, 5.74) is 2.02. The molecule has 2 aromatic rings. The highest BCUT2D eigenvalue weighted by Gasteiger charge is 2.13. The Bertz CT molecular complexity index is 703. The standard InChI is InChI=1S/C17H19N3O4/c1-22-8-2-7-18-17(21)14-5-3-13(10-19-14)20-12-4-6-15-16(9-12)24-11-23-15/h3-6,9-10,20H,2,7-8,11H2,1H3,(H,18,21). The Morgan fingerprint density at radius 1 is 1.21 bits per heavy atom. The van der Waals surface area contributed by atoms with E-state index in [9.17, 15) is 4.79 Å². The number of rotatable bonds is 7. The summed E-state index contributed by atoms with van der Waals surface area (Å²) in [5.74, 6) is 1.25. The van der Waals surface area contributed by atoms with Crippen LogP contribution in [0.4, 0.5) is 11.4 Å². The van der Waals surface area contributed by atoms with Crippen molar-refractivity contribution in [2.45, 2.75) is 6.42 Å². The normalized spacial score (nSPS) is 12.0. The van der Waals surface area contributed by atoms with Gasteiger partial charge < -0.3 is 24.8 Å². The monoisotopic (exact) mass is 329 g/mol. The Labute approximate surface area is 139 Å². The van der Waals surface area contributed by atoms with E-state index in [1.165, 1.54) is 0 Å². The van der Waals surface area contributed by atoms with Gasteiger partial charge in [0, 0.05) is 32.0 Å². The highest BCUT2D eigenvalue weighted by Crippen LogP contribution is 2.34. The minimum absolute atomic E-state index is 0.194. The molecular weight excluding hydrogens is 310 g/mol. The van der Waals surface area contributed by atoms with Crippen molar-refractivity contribution in [3.63, 3.8) is 0 Å². The summed E-state index contributed by atoms with van der Waals surface area (Å²) in [6.45, 7) is 1.42. The fraction of sp³-hybridized carbons (Fsp3) is 0.294. The van der Waals surface area contributed by atoms with Crippen LogP contribution in [0.2, 0.25) is 0 Å². The highest BCUT2D eigenvalue weighted by atomic mass is 16.7. The maximum absolute atomic E-state index is 11.9. The maximum Gasteiger partial charge on any atom is 0.269 e. The molecule has 0 bridgehead atoms. The van der Waals surface area contributed by atoms with Gasteiger partial charge in [0.15, 0.2) is 11.5 Å². The minimum Gasteiger partial charge on any atom is -0.454 e. The second-order valence-corrected chi connectivity index (χ2v) is 5.23. The third kappa shape index (κ3) is 3.94. The van der Waals surface area contributed by atoms with E-state index in [1.54, 1.807) is 19.4 Å². The van der Waals surface area contributed by atoms with Crippen molar-refractivity contribution in [3.05, 3.63) is 42.2 Å². The first-order chi connectivity index (χ1) is 11.8. The SMILES string of the molecule is COCCCNC(=O)c1ccc(Nc2ccc3c(c2)OCO3)cn1. The van der Waals surface area contributed by atoms with Gasteiger partial charge in [-0.3, -0.25) is 4.79 Å². The lowest BCUT2D eigenvalue weighted by Gasteiger charge is -2.08. The van der Waals surface area contributed by atoms with Gasteiger partial charge in [-0.05, 0) is 30.7 Å². The number of carbonyl (C=O) groups is 1. The number of ether oxygens (including phenoxy) is 3. The van der Waals surface area contributed by atoms with Gasteiger partial charge in [-0.15, -0.1) is 0 Å². The number of aromatic nitrogens is 1. The number of nitrogens with one attached hydrogen (secondary N) is 2. The third-order valence-electron chi connectivity index (χ3n) is 3.47. The zero-order chi connectivity index (χ0) is 16.8. The van der Waals surface area contributed by atoms with Crippen molar-refractivity contribution in [3.8, 4) is 11.5 Å². The van der Waals surface area contributed by atoms with E-state index in [4.69, 9.17) is 14.2 Å². The Kier molecular flexibility index (Phi) is 5.12. The lowest BCUT2D eigenvalue weighted by Crippen LogP contribution is -2.26. The summed E-state index contributed by atoms with van der Waals surface area (Å²) < 4.78 is 15.6.